The van der Waals surface area contributed by atoms with Gasteiger partial charge in [0, 0.05) is 9.61 Å². The fraction of sp³-hybridized carbons (Fsp3) is 0.538. The Morgan fingerprint density at radius 2 is 1.81 bits per heavy atom. The largest absolute Gasteiger partial charge is 0.271 e. The third-order valence-electron chi connectivity index (χ3n) is 2.49. The van der Waals surface area contributed by atoms with Crippen LogP contribution in [-0.4, -0.2) is 6.04 Å². The van der Waals surface area contributed by atoms with Crippen molar-refractivity contribution in [1.82, 2.24) is 5.43 Å². The van der Waals surface area contributed by atoms with Crippen molar-refractivity contribution in [1.29, 1.82) is 0 Å². The van der Waals surface area contributed by atoms with Gasteiger partial charge in [-0.2, -0.15) is 0 Å². The zero-order valence-electron chi connectivity index (χ0n) is 10.3. The maximum absolute atomic E-state index is 5.61. The zero-order chi connectivity index (χ0) is 12.2. The van der Waals surface area contributed by atoms with Gasteiger partial charge in [-0.15, -0.1) is 0 Å². The van der Waals surface area contributed by atoms with Gasteiger partial charge in [0.05, 0.1) is 0 Å². The highest BCUT2D eigenvalue weighted by molar-refractivity contribution is 14.1. The van der Waals surface area contributed by atoms with Gasteiger partial charge in [-0.1, -0.05) is 32.9 Å². The van der Waals surface area contributed by atoms with Crippen LogP contribution < -0.4 is 11.3 Å². The van der Waals surface area contributed by atoms with Gasteiger partial charge in [-0.3, -0.25) is 11.3 Å². The van der Waals surface area contributed by atoms with E-state index in [1.807, 2.05) is 0 Å². The summed E-state index contributed by atoms with van der Waals surface area (Å²) in [5.74, 6) is 5.61. The van der Waals surface area contributed by atoms with Gasteiger partial charge in [-0.25, -0.2) is 0 Å². The van der Waals surface area contributed by atoms with Crippen molar-refractivity contribution in [2.75, 3.05) is 0 Å². The van der Waals surface area contributed by atoms with Crippen molar-refractivity contribution in [3.8, 4) is 0 Å². The first kappa shape index (κ1) is 13.9. The number of hydrogen-bond acceptors (Lipinski definition) is 2. The van der Waals surface area contributed by atoms with Gasteiger partial charge >= 0.3 is 0 Å². The van der Waals surface area contributed by atoms with Crippen LogP contribution in [0.25, 0.3) is 0 Å². The second-order valence-corrected chi connectivity index (χ2v) is 6.70. The van der Waals surface area contributed by atoms with Crippen LogP contribution in [0.3, 0.4) is 0 Å². The molecule has 0 heterocycles. The molecule has 2 nitrogen and oxygen atoms in total. The molecule has 1 unspecified atom stereocenters. The standard InChI is InChI=1S/C13H21IN2/c1-13(2,3)9-12(16-15)8-10-4-6-11(14)7-5-10/h4-7,12,16H,8-9,15H2,1-3H3. The molecular weight excluding hydrogens is 311 g/mol. The van der Waals surface area contributed by atoms with E-state index in [1.54, 1.807) is 0 Å². The summed E-state index contributed by atoms with van der Waals surface area (Å²) >= 11 is 2.32. The lowest BCUT2D eigenvalue weighted by Gasteiger charge is -2.25. The second-order valence-electron chi connectivity index (χ2n) is 5.46. The first-order valence-corrected chi connectivity index (χ1v) is 6.69. The lowest BCUT2D eigenvalue weighted by Crippen LogP contribution is -2.39. The molecule has 1 atom stereocenters. The first-order chi connectivity index (χ1) is 7.40. The monoisotopic (exact) mass is 332 g/mol. The Morgan fingerprint density at radius 1 is 1.25 bits per heavy atom. The fourth-order valence-corrected chi connectivity index (χ4v) is 2.19. The van der Waals surface area contributed by atoms with Gasteiger partial charge in [-0.05, 0) is 58.5 Å². The molecule has 0 aliphatic rings. The molecule has 0 aliphatic carbocycles. The molecule has 0 radical (unpaired) electrons. The Labute approximate surface area is 112 Å². The number of halogens is 1. The van der Waals surface area contributed by atoms with E-state index in [-0.39, 0.29) is 0 Å². The first-order valence-electron chi connectivity index (χ1n) is 5.61. The minimum absolute atomic E-state index is 0.306. The summed E-state index contributed by atoms with van der Waals surface area (Å²) in [6.07, 6.45) is 2.07. The van der Waals surface area contributed by atoms with Crippen molar-refractivity contribution < 1.29 is 0 Å². The maximum Gasteiger partial charge on any atom is 0.0255 e. The number of hydrogen-bond donors (Lipinski definition) is 2. The van der Waals surface area contributed by atoms with E-state index >= 15 is 0 Å². The molecule has 90 valence electrons. The molecule has 0 aliphatic heterocycles. The van der Waals surface area contributed by atoms with Crippen LogP contribution in [0, 0.1) is 8.99 Å². The maximum atomic E-state index is 5.61. The molecule has 1 rings (SSSR count). The predicted octanol–water partition coefficient (Wildman–Crippen LogP) is 3.10. The van der Waals surface area contributed by atoms with Crippen LogP contribution in [0.5, 0.6) is 0 Å². The number of nitrogens with one attached hydrogen (secondary N) is 1. The summed E-state index contributed by atoms with van der Waals surface area (Å²) in [7, 11) is 0. The minimum atomic E-state index is 0.306. The second kappa shape index (κ2) is 5.98. The van der Waals surface area contributed by atoms with Crippen LogP contribution in [0.1, 0.15) is 32.8 Å². The van der Waals surface area contributed by atoms with Crippen molar-refractivity contribution in [3.05, 3.63) is 33.4 Å². The molecule has 0 fully saturated rings. The third-order valence-corrected chi connectivity index (χ3v) is 3.21. The van der Waals surface area contributed by atoms with E-state index in [9.17, 15) is 0 Å². The number of rotatable bonds is 4. The highest BCUT2D eigenvalue weighted by Crippen LogP contribution is 2.22. The van der Waals surface area contributed by atoms with Gasteiger partial charge in [0.15, 0.2) is 0 Å². The normalized spacial score (nSPS) is 13.8. The summed E-state index contributed by atoms with van der Waals surface area (Å²) in [5, 5.41) is 0. The molecular formula is C13H21IN2. The van der Waals surface area contributed by atoms with Gasteiger partial charge < -0.3 is 0 Å². The average molecular weight is 332 g/mol. The van der Waals surface area contributed by atoms with E-state index in [2.05, 4.69) is 73.1 Å². The summed E-state index contributed by atoms with van der Waals surface area (Å²) in [6, 6.07) is 8.98. The molecule has 0 spiro atoms. The highest BCUT2D eigenvalue weighted by Gasteiger charge is 2.17. The molecule has 1 aromatic carbocycles. The van der Waals surface area contributed by atoms with Gasteiger partial charge in [0.1, 0.15) is 0 Å². The van der Waals surface area contributed by atoms with Crippen LogP contribution in [0.2, 0.25) is 0 Å². The molecule has 0 aromatic heterocycles. The number of nitrogens with two attached hydrogens (primary N) is 1. The van der Waals surface area contributed by atoms with Crippen molar-refractivity contribution >= 4 is 22.6 Å². The van der Waals surface area contributed by atoms with Crippen molar-refractivity contribution in [2.45, 2.75) is 39.7 Å². The number of hydrazine groups is 1. The van der Waals surface area contributed by atoms with E-state index < -0.39 is 0 Å². The molecule has 0 saturated heterocycles. The van der Waals surface area contributed by atoms with E-state index in [0.29, 0.717) is 11.5 Å². The van der Waals surface area contributed by atoms with Crippen LogP contribution in [0.15, 0.2) is 24.3 Å². The van der Waals surface area contributed by atoms with Crippen LogP contribution >= 0.6 is 22.6 Å². The van der Waals surface area contributed by atoms with Crippen molar-refractivity contribution in [3.63, 3.8) is 0 Å². The molecule has 16 heavy (non-hydrogen) atoms. The zero-order valence-corrected chi connectivity index (χ0v) is 12.4. The Bertz CT molecular complexity index is 314. The summed E-state index contributed by atoms with van der Waals surface area (Å²) in [6.45, 7) is 6.72. The summed E-state index contributed by atoms with van der Waals surface area (Å²) < 4.78 is 1.27. The summed E-state index contributed by atoms with van der Waals surface area (Å²) in [5.41, 5.74) is 4.57. The van der Waals surface area contributed by atoms with Crippen molar-refractivity contribution in [2.24, 2.45) is 11.3 Å². The summed E-state index contributed by atoms with van der Waals surface area (Å²) in [4.78, 5) is 0. The fourth-order valence-electron chi connectivity index (χ4n) is 1.83. The number of benzene rings is 1. The highest BCUT2D eigenvalue weighted by atomic mass is 127. The molecule has 1 aromatic rings. The Kier molecular flexibility index (Phi) is 5.21. The molecule has 0 amide bonds. The van der Waals surface area contributed by atoms with E-state index in [0.717, 1.165) is 12.8 Å². The lowest BCUT2D eigenvalue weighted by atomic mass is 9.86. The van der Waals surface area contributed by atoms with Gasteiger partial charge in [0.2, 0.25) is 0 Å². The molecule has 3 N–H and O–H groups in total. The third kappa shape index (κ3) is 5.27. The SMILES string of the molecule is CC(C)(C)CC(Cc1ccc(I)cc1)NN. The smallest absolute Gasteiger partial charge is 0.0255 e. The average Bonchev–Trinajstić information content (AvgIpc) is 2.18. The molecule has 3 heteroatoms. The van der Waals surface area contributed by atoms with Gasteiger partial charge in [0.25, 0.3) is 0 Å². The Balaban J connectivity index is 2.60. The van der Waals surface area contributed by atoms with E-state index in [1.165, 1.54) is 9.13 Å². The molecule has 0 bridgehead atoms. The predicted molar refractivity (Wildman–Crippen MR) is 78.0 cm³/mol. The Morgan fingerprint density at radius 3 is 2.25 bits per heavy atom. The van der Waals surface area contributed by atoms with E-state index in [4.69, 9.17) is 5.84 Å². The lowest BCUT2D eigenvalue weighted by molar-refractivity contribution is 0.308. The minimum Gasteiger partial charge on any atom is -0.271 e. The van der Waals surface area contributed by atoms with Crippen LogP contribution in [-0.2, 0) is 6.42 Å². The topological polar surface area (TPSA) is 38.0 Å². The quantitative estimate of drug-likeness (QED) is 0.505. The van der Waals surface area contributed by atoms with Crippen LogP contribution in [0.4, 0.5) is 0 Å². The Hall–Kier alpha value is -0.130. The molecule has 0 saturated carbocycles.